The van der Waals surface area contributed by atoms with Crippen molar-refractivity contribution in [3.05, 3.63) is 11.5 Å². The number of carbonyl (C=O) groups is 1. The van der Waals surface area contributed by atoms with Crippen molar-refractivity contribution < 1.29 is 9.53 Å². The first-order chi connectivity index (χ1) is 5.29. The molecule has 1 rings (SSSR count). The molecule has 0 saturated carbocycles. The van der Waals surface area contributed by atoms with Crippen molar-refractivity contribution in [2.24, 2.45) is 0 Å². The second-order valence-electron chi connectivity index (χ2n) is 2.37. The number of hydrogen-bond donors (Lipinski definition) is 1. The van der Waals surface area contributed by atoms with E-state index in [2.05, 4.69) is 5.32 Å². The predicted octanol–water partition coefficient (Wildman–Crippen LogP) is 0.817. The number of Topliss-reactive ketones (excluding diaryl/α,β-unsaturated/α-hetero) is 1. The van der Waals surface area contributed by atoms with Crippen LogP contribution in [0.2, 0.25) is 0 Å². The maximum absolute atomic E-state index is 10.9. The molecule has 0 radical (unpaired) electrons. The summed E-state index contributed by atoms with van der Waals surface area (Å²) in [5, 5.41) is 3.08. The number of ketones is 1. The Morgan fingerprint density at radius 3 is 2.73 bits per heavy atom. The number of allylic oxidation sites excluding steroid dienone is 2. The molecule has 1 aliphatic carbocycles. The summed E-state index contributed by atoms with van der Waals surface area (Å²) in [5.74, 6) is 0.650. The number of carbonyl (C=O) groups excluding carboxylic acids is 1. The normalized spacial score (nSPS) is 16.4. The Morgan fingerprint density at radius 1 is 1.55 bits per heavy atom. The molecule has 0 atom stereocenters. The van der Waals surface area contributed by atoms with Crippen molar-refractivity contribution in [1.29, 1.82) is 0 Å². The van der Waals surface area contributed by atoms with Crippen molar-refractivity contribution in [2.75, 3.05) is 13.2 Å². The molecule has 0 amide bonds. The second kappa shape index (κ2) is 3.42. The highest BCUT2D eigenvalue weighted by molar-refractivity contribution is 6.02. The minimum Gasteiger partial charge on any atom is -0.488 e. The zero-order valence-corrected chi connectivity index (χ0v) is 6.94. The van der Waals surface area contributed by atoms with Crippen LogP contribution in [-0.4, -0.2) is 18.9 Å². The van der Waals surface area contributed by atoms with Crippen LogP contribution >= 0.6 is 0 Å². The summed E-state index contributed by atoms with van der Waals surface area (Å²) in [5.41, 5.74) is 0.958. The topological polar surface area (TPSA) is 38.3 Å². The van der Waals surface area contributed by atoms with Gasteiger partial charge in [0, 0.05) is 6.54 Å². The number of nitrogens with one attached hydrogen (secondary N) is 1. The molecule has 11 heavy (non-hydrogen) atoms. The monoisotopic (exact) mass is 155 g/mol. The first kappa shape index (κ1) is 8.11. The molecule has 0 spiro atoms. The van der Waals surface area contributed by atoms with Crippen molar-refractivity contribution in [1.82, 2.24) is 5.32 Å². The van der Waals surface area contributed by atoms with Gasteiger partial charge < -0.3 is 10.1 Å². The van der Waals surface area contributed by atoms with Crippen molar-refractivity contribution in [3.8, 4) is 0 Å². The van der Waals surface area contributed by atoms with Gasteiger partial charge in [0.1, 0.15) is 0 Å². The Balaban J connectivity index is 2.54. The summed E-state index contributed by atoms with van der Waals surface area (Å²) in [6.45, 7) is 5.29. The van der Waals surface area contributed by atoms with E-state index in [1.165, 1.54) is 0 Å². The standard InChI is InChI=1S/C8H13NO2/c1-3-9-6-5-7(10)8(6)11-4-2/h9H,3-5H2,1-2H3. The second-order valence-corrected chi connectivity index (χ2v) is 2.37. The van der Waals surface area contributed by atoms with Crippen LogP contribution in [0.4, 0.5) is 0 Å². The van der Waals surface area contributed by atoms with E-state index in [0.29, 0.717) is 18.8 Å². The fourth-order valence-corrected chi connectivity index (χ4v) is 1.05. The van der Waals surface area contributed by atoms with Crippen LogP contribution in [0, 0.1) is 0 Å². The SMILES string of the molecule is CCNC1=C(OCC)C(=O)C1. The van der Waals surface area contributed by atoms with Crippen molar-refractivity contribution in [2.45, 2.75) is 20.3 Å². The van der Waals surface area contributed by atoms with Gasteiger partial charge in [0.05, 0.1) is 18.7 Å². The minimum absolute atomic E-state index is 0.114. The van der Waals surface area contributed by atoms with E-state index in [4.69, 9.17) is 4.74 Å². The molecule has 0 aromatic carbocycles. The lowest BCUT2D eigenvalue weighted by Crippen LogP contribution is -2.29. The minimum atomic E-state index is 0.114. The lowest BCUT2D eigenvalue weighted by atomic mass is 10.0. The quantitative estimate of drug-likeness (QED) is 0.653. The number of ether oxygens (including phenoxy) is 1. The van der Waals surface area contributed by atoms with Crippen LogP contribution in [-0.2, 0) is 9.53 Å². The van der Waals surface area contributed by atoms with Gasteiger partial charge in [-0.15, -0.1) is 0 Å². The molecule has 3 nitrogen and oxygen atoms in total. The average Bonchev–Trinajstić information content (AvgIpc) is 2.00. The molecule has 0 saturated heterocycles. The van der Waals surface area contributed by atoms with Crippen LogP contribution in [0.25, 0.3) is 0 Å². The number of rotatable bonds is 4. The molecule has 1 N–H and O–H groups in total. The molecule has 3 heteroatoms. The third-order valence-electron chi connectivity index (χ3n) is 1.54. The van der Waals surface area contributed by atoms with E-state index in [9.17, 15) is 4.79 Å². The molecule has 0 fully saturated rings. The fraction of sp³-hybridized carbons (Fsp3) is 0.625. The van der Waals surface area contributed by atoms with Crippen LogP contribution in [0.1, 0.15) is 20.3 Å². The van der Waals surface area contributed by atoms with Gasteiger partial charge in [-0.3, -0.25) is 4.79 Å². The lowest BCUT2D eigenvalue weighted by Gasteiger charge is -2.22. The van der Waals surface area contributed by atoms with Gasteiger partial charge in [-0.2, -0.15) is 0 Å². The summed E-state index contributed by atoms with van der Waals surface area (Å²) in [6.07, 6.45) is 0.517. The molecular formula is C8H13NO2. The molecule has 1 aliphatic rings. The maximum atomic E-state index is 10.9. The third-order valence-corrected chi connectivity index (χ3v) is 1.54. The van der Waals surface area contributed by atoms with Crippen LogP contribution in [0.3, 0.4) is 0 Å². The fourth-order valence-electron chi connectivity index (χ4n) is 1.05. The summed E-state index contributed by atoms with van der Waals surface area (Å²) in [6, 6.07) is 0. The zero-order chi connectivity index (χ0) is 8.27. The molecule has 0 aromatic heterocycles. The Labute approximate surface area is 66.4 Å². The molecule has 0 unspecified atom stereocenters. The van der Waals surface area contributed by atoms with Gasteiger partial charge in [0.25, 0.3) is 0 Å². The molecule has 62 valence electrons. The Hall–Kier alpha value is -0.990. The molecular weight excluding hydrogens is 142 g/mol. The maximum Gasteiger partial charge on any atom is 0.205 e. The van der Waals surface area contributed by atoms with Crippen LogP contribution in [0.5, 0.6) is 0 Å². The summed E-state index contributed by atoms with van der Waals surface area (Å²) in [7, 11) is 0. The van der Waals surface area contributed by atoms with E-state index in [1.807, 2.05) is 13.8 Å². The predicted molar refractivity (Wildman–Crippen MR) is 42.0 cm³/mol. The Bertz CT molecular complexity index is 196. The van der Waals surface area contributed by atoms with E-state index < -0.39 is 0 Å². The summed E-state index contributed by atoms with van der Waals surface area (Å²) < 4.78 is 5.12. The highest BCUT2D eigenvalue weighted by Crippen LogP contribution is 2.22. The third kappa shape index (κ3) is 1.53. The van der Waals surface area contributed by atoms with Gasteiger partial charge in [0.2, 0.25) is 5.78 Å². The van der Waals surface area contributed by atoms with Crippen LogP contribution in [0.15, 0.2) is 11.5 Å². The first-order valence-corrected chi connectivity index (χ1v) is 3.92. The van der Waals surface area contributed by atoms with Gasteiger partial charge in [0.15, 0.2) is 5.76 Å². The van der Waals surface area contributed by atoms with E-state index in [0.717, 1.165) is 12.2 Å². The van der Waals surface area contributed by atoms with Crippen molar-refractivity contribution >= 4 is 5.78 Å². The van der Waals surface area contributed by atoms with E-state index in [-0.39, 0.29) is 5.78 Å². The Morgan fingerprint density at radius 2 is 2.27 bits per heavy atom. The lowest BCUT2D eigenvalue weighted by molar-refractivity contribution is -0.120. The molecule has 0 heterocycles. The highest BCUT2D eigenvalue weighted by atomic mass is 16.5. The van der Waals surface area contributed by atoms with Gasteiger partial charge in [-0.1, -0.05) is 0 Å². The van der Waals surface area contributed by atoms with Crippen molar-refractivity contribution in [3.63, 3.8) is 0 Å². The molecule has 0 aliphatic heterocycles. The Kier molecular flexibility index (Phi) is 2.52. The average molecular weight is 155 g/mol. The van der Waals surface area contributed by atoms with Gasteiger partial charge >= 0.3 is 0 Å². The van der Waals surface area contributed by atoms with Gasteiger partial charge in [-0.25, -0.2) is 0 Å². The summed E-state index contributed by atoms with van der Waals surface area (Å²) in [4.78, 5) is 10.9. The van der Waals surface area contributed by atoms with E-state index in [1.54, 1.807) is 0 Å². The molecule has 0 aromatic rings. The zero-order valence-electron chi connectivity index (χ0n) is 6.94. The smallest absolute Gasteiger partial charge is 0.205 e. The van der Waals surface area contributed by atoms with Crippen LogP contribution < -0.4 is 5.32 Å². The van der Waals surface area contributed by atoms with Gasteiger partial charge in [-0.05, 0) is 13.8 Å². The first-order valence-electron chi connectivity index (χ1n) is 3.92. The highest BCUT2D eigenvalue weighted by Gasteiger charge is 2.27. The largest absolute Gasteiger partial charge is 0.488 e. The number of hydrogen-bond acceptors (Lipinski definition) is 3. The summed E-state index contributed by atoms with van der Waals surface area (Å²) >= 11 is 0. The van der Waals surface area contributed by atoms with E-state index >= 15 is 0 Å². The molecule has 0 bridgehead atoms.